The number of aromatic nitrogens is 2. The molecule has 8 nitrogen and oxygen atoms in total. The summed E-state index contributed by atoms with van der Waals surface area (Å²) < 4.78 is 2.13. The minimum atomic E-state index is -0.922. The highest BCUT2D eigenvalue weighted by Crippen LogP contribution is 2.30. The molecule has 2 aromatic rings. The number of fused-ring (bicyclic) bond motifs is 1. The fourth-order valence-corrected chi connectivity index (χ4v) is 2.78. The summed E-state index contributed by atoms with van der Waals surface area (Å²) in [5, 5.41) is 5.21. The first kappa shape index (κ1) is 15.7. The number of carbonyl (C=O) groups excluding carboxylic acids is 2. The predicted molar refractivity (Wildman–Crippen MR) is 88.0 cm³/mol. The molecule has 2 N–H and O–H groups in total. The number of rotatable bonds is 3. The Morgan fingerprint density at radius 1 is 1.12 bits per heavy atom. The van der Waals surface area contributed by atoms with E-state index in [2.05, 4.69) is 10.6 Å². The summed E-state index contributed by atoms with van der Waals surface area (Å²) in [5.74, 6) is -1.61. The number of hydrogen-bond donors (Lipinski definition) is 2. The molecule has 0 spiro atoms. The number of anilines is 2. The maximum absolute atomic E-state index is 12.4. The SMILES string of the molecule is Cn1c2c(c(=O)n(C)c1=O)[C@@H](CC(=O)Nc1ccccc1)C(=O)N2. The minimum absolute atomic E-state index is 0.146. The van der Waals surface area contributed by atoms with E-state index in [1.54, 1.807) is 24.3 Å². The Hall–Kier alpha value is -3.16. The van der Waals surface area contributed by atoms with Crippen molar-refractivity contribution in [1.29, 1.82) is 0 Å². The van der Waals surface area contributed by atoms with E-state index in [1.807, 2.05) is 6.07 Å². The van der Waals surface area contributed by atoms with Crippen LogP contribution in [0.5, 0.6) is 0 Å². The predicted octanol–water partition coefficient (Wildman–Crippen LogP) is 0.148. The largest absolute Gasteiger partial charge is 0.332 e. The number of nitrogens with zero attached hydrogens (tertiary/aromatic N) is 2. The van der Waals surface area contributed by atoms with Crippen molar-refractivity contribution in [3.63, 3.8) is 0 Å². The van der Waals surface area contributed by atoms with Gasteiger partial charge in [-0.15, -0.1) is 0 Å². The van der Waals surface area contributed by atoms with Crippen LogP contribution in [0.3, 0.4) is 0 Å². The fraction of sp³-hybridized carbons (Fsp3) is 0.250. The van der Waals surface area contributed by atoms with Crippen LogP contribution in [-0.4, -0.2) is 20.9 Å². The van der Waals surface area contributed by atoms with E-state index >= 15 is 0 Å². The van der Waals surface area contributed by atoms with E-state index in [9.17, 15) is 19.2 Å². The third-order valence-corrected chi connectivity index (χ3v) is 4.05. The molecule has 2 heterocycles. The summed E-state index contributed by atoms with van der Waals surface area (Å²) in [6.45, 7) is 0. The number of nitrogens with one attached hydrogen (secondary N) is 2. The molecule has 1 aliphatic rings. The molecule has 1 aromatic carbocycles. The molecular formula is C16H16N4O4. The zero-order chi connectivity index (χ0) is 17.4. The van der Waals surface area contributed by atoms with Crippen molar-refractivity contribution < 1.29 is 9.59 Å². The van der Waals surface area contributed by atoms with Gasteiger partial charge < -0.3 is 10.6 Å². The van der Waals surface area contributed by atoms with Gasteiger partial charge in [0.2, 0.25) is 11.8 Å². The second-order valence-corrected chi connectivity index (χ2v) is 5.63. The van der Waals surface area contributed by atoms with E-state index in [1.165, 1.54) is 18.7 Å². The summed E-state index contributed by atoms with van der Waals surface area (Å²) in [6, 6.07) is 8.82. The monoisotopic (exact) mass is 328 g/mol. The van der Waals surface area contributed by atoms with Gasteiger partial charge in [-0.2, -0.15) is 0 Å². The first-order valence-electron chi connectivity index (χ1n) is 7.36. The van der Waals surface area contributed by atoms with Crippen LogP contribution in [-0.2, 0) is 23.7 Å². The Bertz CT molecular complexity index is 943. The fourth-order valence-electron chi connectivity index (χ4n) is 2.78. The van der Waals surface area contributed by atoms with Crippen LogP contribution in [0.2, 0.25) is 0 Å². The second kappa shape index (κ2) is 5.80. The molecule has 0 fully saturated rings. The molecule has 124 valence electrons. The summed E-state index contributed by atoms with van der Waals surface area (Å²) >= 11 is 0. The van der Waals surface area contributed by atoms with Gasteiger partial charge in [0.15, 0.2) is 0 Å². The van der Waals surface area contributed by atoms with Crippen molar-refractivity contribution in [2.24, 2.45) is 14.1 Å². The molecule has 0 saturated heterocycles. The van der Waals surface area contributed by atoms with Crippen LogP contribution in [0, 0.1) is 0 Å². The standard InChI is InChI=1S/C16H16N4O4/c1-19-13-12(15(23)20(2)16(19)24)10(14(22)18-13)8-11(21)17-9-6-4-3-5-7-9/h3-7,10H,8H2,1-2H3,(H,17,21)(H,18,22)/t10-/m1/s1. The van der Waals surface area contributed by atoms with Crippen molar-refractivity contribution >= 4 is 23.3 Å². The molecule has 1 aromatic heterocycles. The summed E-state index contributed by atoms with van der Waals surface area (Å²) in [6.07, 6.45) is -0.179. The van der Waals surface area contributed by atoms with Crippen molar-refractivity contribution in [3.8, 4) is 0 Å². The molecule has 1 atom stereocenters. The number of para-hydroxylation sites is 1. The van der Waals surface area contributed by atoms with Crippen molar-refractivity contribution in [2.75, 3.05) is 10.6 Å². The minimum Gasteiger partial charge on any atom is -0.326 e. The third kappa shape index (κ3) is 2.51. The Morgan fingerprint density at radius 3 is 2.46 bits per heavy atom. The molecule has 2 amide bonds. The van der Waals surface area contributed by atoms with Crippen LogP contribution in [0.15, 0.2) is 39.9 Å². The maximum Gasteiger partial charge on any atom is 0.332 e. The number of carbonyl (C=O) groups is 2. The number of benzene rings is 1. The molecule has 0 unspecified atom stereocenters. The van der Waals surface area contributed by atoms with E-state index < -0.39 is 23.1 Å². The molecule has 3 rings (SSSR count). The molecule has 0 bridgehead atoms. The van der Waals surface area contributed by atoms with Crippen LogP contribution < -0.4 is 21.9 Å². The van der Waals surface area contributed by atoms with Gasteiger partial charge >= 0.3 is 5.69 Å². The highest BCUT2D eigenvalue weighted by Gasteiger charge is 2.37. The first-order chi connectivity index (χ1) is 11.4. The molecule has 0 aliphatic carbocycles. The number of amides is 2. The van der Waals surface area contributed by atoms with Gasteiger partial charge in [0.1, 0.15) is 5.82 Å². The van der Waals surface area contributed by atoms with Gasteiger partial charge in [0, 0.05) is 26.2 Å². The van der Waals surface area contributed by atoms with Gasteiger partial charge in [0.25, 0.3) is 5.56 Å². The highest BCUT2D eigenvalue weighted by atomic mass is 16.2. The van der Waals surface area contributed by atoms with Crippen LogP contribution in [0.4, 0.5) is 11.5 Å². The highest BCUT2D eigenvalue weighted by molar-refractivity contribution is 6.05. The average Bonchev–Trinajstić information content (AvgIpc) is 2.88. The smallest absolute Gasteiger partial charge is 0.326 e. The van der Waals surface area contributed by atoms with Gasteiger partial charge in [0.05, 0.1) is 11.5 Å². The zero-order valence-corrected chi connectivity index (χ0v) is 13.2. The van der Waals surface area contributed by atoms with Gasteiger partial charge in [-0.05, 0) is 12.1 Å². The van der Waals surface area contributed by atoms with Crippen LogP contribution in [0.1, 0.15) is 17.9 Å². The van der Waals surface area contributed by atoms with Crippen molar-refractivity contribution in [3.05, 3.63) is 56.7 Å². The topological polar surface area (TPSA) is 102 Å². The lowest BCUT2D eigenvalue weighted by atomic mass is 9.99. The van der Waals surface area contributed by atoms with Gasteiger partial charge in [-0.1, -0.05) is 18.2 Å². The maximum atomic E-state index is 12.4. The van der Waals surface area contributed by atoms with E-state index in [0.29, 0.717) is 5.69 Å². The molecule has 1 aliphatic heterocycles. The lowest BCUT2D eigenvalue weighted by Crippen LogP contribution is -2.39. The van der Waals surface area contributed by atoms with E-state index in [4.69, 9.17) is 0 Å². The lowest BCUT2D eigenvalue weighted by Gasteiger charge is -2.11. The van der Waals surface area contributed by atoms with Crippen LogP contribution >= 0.6 is 0 Å². The normalized spacial score (nSPS) is 15.8. The van der Waals surface area contributed by atoms with Gasteiger partial charge in [-0.25, -0.2) is 4.79 Å². The third-order valence-electron chi connectivity index (χ3n) is 4.05. The molecule has 24 heavy (non-hydrogen) atoms. The Morgan fingerprint density at radius 2 is 1.79 bits per heavy atom. The first-order valence-corrected chi connectivity index (χ1v) is 7.36. The Balaban J connectivity index is 1.92. The Labute approximate surface area is 136 Å². The second-order valence-electron chi connectivity index (χ2n) is 5.63. The molecule has 8 heteroatoms. The summed E-state index contributed by atoms with van der Waals surface area (Å²) in [4.78, 5) is 48.7. The lowest BCUT2D eigenvalue weighted by molar-refractivity contribution is -0.122. The number of hydrogen-bond acceptors (Lipinski definition) is 4. The van der Waals surface area contributed by atoms with Crippen molar-refractivity contribution in [2.45, 2.75) is 12.3 Å². The summed E-state index contributed by atoms with van der Waals surface area (Å²) in [7, 11) is 2.81. The molecular weight excluding hydrogens is 312 g/mol. The zero-order valence-electron chi connectivity index (χ0n) is 13.2. The van der Waals surface area contributed by atoms with Crippen LogP contribution in [0.25, 0.3) is 0 Å². The van der Waals surface area contributed by atoms with E-state index in [-0.39, 0.29) is 23.7 Å². The quantitative estimate of drug-likeness (QED) is 0.837. The molecule has 0 saturated carbocycles. The van der Waals surface area contributed by atoms with E-state index in [0.717, 1.165) is 4.57 Å². The van der Waals surface area contributed by atoms with Crippen molar-refractivity contribution in [1.82, 2.24) is 9.13 Å². The molecule has 0 radical (unpaired) electrons. The average molecular weight is 328 g/mol. The van der Waals surface area contributed by atoms with Gasteiger partial charge in [-0.3, -0.25) is 23.5 Å². The summed E-state index contributed by atoms with van der Waals surface area (Å²) in [5.41, 5.74) is -0.347. The Kier molecular flexibility index (Phi) is 3.80.